The van der Waals surface area contributed by atoms with E-state index in [1.807, 2.05) is 19.1 Å². The molecule has 156 valence electrons. The summed E-state index contributed by atoms with van der Waals surface area (Å²) in [5.74, 6) is -0.499. The molecule has 0 aromatic heterocycles. The standard InChI is InChI=1S/C20H26N4O4S/c1-14-6-7-15(2)18(12-14)29(27,28)24-11-10-23-20(26)22-9-8-16-4-3-5-17(13-16)19(21)25/h3-7,12-13,24H,8-11H2,1-2H3,(H2,21,25)(H2,22,23,26). The molecule has 0 heterocycles. The molecule has 0 fully saturated rings. The van der Waals surface area contributed by atoms with Gasteiger partial charge in [-0.25, -0.2) is 17.9 Å². The second-order valence-corrected chi connectivity index (χ2v) is 8.40. The van der Waals surface area contributed by atoms with Crippen LogP contribution >= 0.6 is 0 Å². The predicted octanol–water partition coefficient (Wildman–Crippen LogP) is 1.22. The quantitative estimate of drug-likeness (QED) is 0.456. The highest BCUT2D eigenvalue weighted by Gasteiger charge is 2.16. The van der Waals surface area contributed by atoms with Crippen LogP contribution in [0.2, 0.25) is 0 Å². The van der Waals surface area contributed by atoms with Crippen LogP contribution in [-0.4, -0.2) is 40.0 Å². The lowest BCUT2D eigenvalue weighted by molar-refractivity contribution is 0.1000. The van der Waals surface area contributed by atoms with Crippen molar-refractivity contribution in [3.05, 3.63) is 64.7 Å². The lowest BCUT2D eigenvalue weighted by Gasteiger charge is -2.11. The van der Waals surface area contributed by atoms with Gasteiger partial charge in [-0.05, 0) is 55.2 Å². The molecule has 2 rings (SSSR count). The van der Waals surface area contributed by atoms with E-state index in [9.17, 15) is 18.0 Å². The Kier molecular flexibility index (Phi) is 7.74. The Balaban J connectivity index is 1.72. The Morgan fingerprint density at radius 1 is 0.966 bits per heavy atom. The SMILES string of the molecule is Cc1ccc(C)c(S(=O)(=O)NCCNC(=O)NCCc2cccc(C(N)=O)c2)c1. The Bertz CT molecular complexity index is 990. The van der Waals surface area contributed by atoms with Crippen molar-refractivity contribution in [2.45, 2.75) is 25.2 Å². The minimum atomic E-state index is -3.63. The number of amides is 3. The van der Waals surface area contributed by atoms with E-state index in [0.29, 0.717) is 24.1 Å². The van der Waals surface area contributed by atoms with Crippen molar-refractivity contribution in [1.29, 1.82) is 0 Å². The van der Waals surface area contributed by atoms with Crippen LogP contribution in [-0.2, 0) is 16.4 Å². The van der Waals surface area contributed by atoms with Crippen molar-refractivity contribution in [2.24, 2.45) is 5.73 Å². The number of nitrogens with one attached hydrogen (secondary N) is 3. The highest BCUT2D eigenvalue weighted by Crippen LogP contribution is 2.16. The minimum absolute atomic E-state index is 0.0732. The number of rotatable bonds is 9. The molecule has 2 aromatic carbocycles. The summed E-state index contributed by atoms with van der Waals surface area (Å²) < 4.78 is 27.2. The van der Waals surface area contributed by atoms with Crippen LogP contribution in [0, 0.1) is 13.8 Å². The van der Waals surface area contributed by atoms with E-state index in [1.54, 1.807) is 37.3 Å². The van der Waals surface area contributed by atoms with Gasteiger partial charge in [-0.15, -0.1) is 0 Å². The normalized spacial score (nSPS) is 11.1. The van der Waals surface area contributed by atoms with Crippen molar-refractivity contribution in [2.75, 3.05) is 19.6 Å². The molecule has 0 radical (unpaired) electrons. The fourth-order valence-electron chi connectivity index (χ4n) is 2.70. The molecule has 0 saturated heterocycles. The summed E-state index contributed by atoms with van der Waals surface area (Å²) in [6.07, 6.45) is 0.536. The van der Waals surface area contributed by atoms with E-state index in [4.69, 9.17) is 5.73 Å². The van der Waals surface area contributed by atoms with Crippen LogP contribution in [0.4, 0.5) is 4.79 Å². The molecule has 9 heteroatoms. The summed E-state index contributed by atoms with van der Waals surface area (Å²) in [5.41, 5.74) is 8.06. The molecule has 29 heavy (non-hydrogen) atoms. The Morgan fingerprint density at radius 3 is 2.41 bits per heavy atom. The number of urea groups is 1. The first-order valence-corrected chi connectivity index (χ1v) is 10.6. The first-order chi connectivity index (χ1) is 13.7. The van der Waals surface area contributed by atoms with E-state index in [1.165, 1.54) is 0 Å². The molecule has 0 aliphatic rings. The number of hydrogen-bond donors (Lipinski definition) is 4. The van der Waals surface area contributed by atoms with Gasteiger partial charge in [0.2, 0.25) is 15.9 Å². The third-order valence-electron chi connectivity index (χ3n) is 4.25. The third kappa shape index (κ3) is 6.88. The van der Waals surface area contributed by atoms with Gasteiger partial charge in [-0.3, -0.25) is 4.79 Å². The van der Waals surface area contributed by atoms with Gasteiger partial charge in [-0.1, -0.05) is 24.3 Å². The fraction of sp³-hybridized carbons (Fsp3) is 0.300. The first-order valence-electron chi connectivity index (χ1n) is 9.16. The maximum atomic E-state index is 12.4. The summed E-state index contributed by atoms with van der Waals surface area (Å²) >= 11 is 0. The van der Waals surface area contributed by atoms with Crippen LogP contribution in [0.3, 0.4) is 0 Å². The van der Waals surface area contributed by atoms with E-state index in [-0.39, 0.29) is 18.0 Å². The van der Waals surface area contributed by atoms with Crippen LogP contribution in [0.15, 0.2) is 47.4 Å². The zero-order valence-corrected chi connectivity index (χ0v) is 17.3. The molecule has 2 aromatic rings. The number of hydrogen-bond acceptors (Lipinski definition) is 4. The molecule has 8 nitrogen and oxygen atoms in total. The van der Waals surface area contributed by atoms with Gasteiger partial charge < -0.3 is 16.4 Å². The van der Waals surface area contributed by atoms with Crippen LogP contribution < -0.4 is 21.1 Å². The number of carbonyl (C=O) groups excluding carboxylic acids is 2. The number of carbonyl (C=O) groups is 2. The Labute approximate surface area is 170 Å². The van der Waals surface area contributed by atoms with Gasteiger partial charge in [0, 0.05) is 25.2 Å². The predicted molar refractivity (Wildman–Crippen MR) is 111 cm³/mol. The van der Waals surface area contributed by atoms with Gasteiger partial charge in [0.15, 0.2) is 0 Å². The van der Waals surface area contributed by atoms with E-state index in [2.05, 4.69) is 15.4 Å². The van der Waals surface area contributed by atoms with E-state index >= 15 is 0 Å². The van der Waals surface area contributed by atoms with Crippen LogP contribution in [0.1, 0.15) is 27.0 Å². The van der Waals surface area contributed by atoms with Gasteiger partial charge in [-0.2, -0.15) is 0 Å². The number of nitrogens with two attached hydrogens (primary N) is 1. The average Bonchev–Trinajstić information content (AvgIpc) is 2.67. The van der Waals surface area contributed by atoms with Crippen molar-refractivity contribution in [3.8, 4) is 0 Å². The molecule has 5 N–H and O–H groups in total. The smallest absolute Gasteiger partial charge is 0.314 e. The van der Waals surface area contributed by atoms with Gasteiger partial charge in [0.25, 0.3) is 0 Å². The molecular weight excluding hydrogens is 392 g/mol. The minimum Gasteiger partial charge on any atom is -0.366 e. The topological polar surface area (TPSA) is 130 Å². The van der Waals surface area contributed by atoms with E-state index < -0.39 is 22.0 Å². The first kappa shape index (κ1) is 22.4. The largest absolute Gasteiger partial charge is 0.366 e. The van der Waals surface area contributed by atoms with Gasteiger partial charge in [0.1, 0.15) is 0 Å². The molecule has 0 atom stereocenters. The van der Waals surface area contributed by atoms with Crippen molar-refractivity contribution in [1.82, 2.24) is 15.4 Å². The third-order valence-corrected chi connectivity index (χ3v) is 5.85. The summed E-state index contributed by atoms with van der Waals surface area (Å²) in [6.45, 7) is 4.15. The fourth-order valence-corrected chi connectivity index (χ4v) is 4.06. The van der Waals surface area contributed by atoms with Crippen molar-refractivity contribution >= 4 is 22.0 Å². The van der Waals surface area contributed by atoms with Gasteiger partial charge >= 0.3 is 6.03 Å². The van der Waals surface area contributed by atoms with E-state index in [0.717, 1.165) is 11.1 Å². The zero-order valence-electron chi connectivity index (χ0n) is 16.5. The molecule has 3 amide bonds. The zero-order chi connectivity index (χ0) is 21.4. The molecular formula is C20H26N4O4S. The molecule has 0 aliphatic carbocycles. The molecule has 0 aliphatic heterocycles. The van der Waals surface area contributed by atoms with Crippen LogP contribution in [0.25, 0.3) is 0 Å². The summed E-state index contributed by atoms with van der Waals surface area (Å²) in [5, 5.41) is 5.28. The number of primary amides is 1. The lowest BCUT2D eigenvalue weighted by Crippen LogP contribution is -2.41. The second kappa shape index (κ2) is 10.0. The average molecular weight is 419 g/mol. The maximum Gasteiger partial charge on any atom is 0.314 e. The van der Waals surface area contributed by atoms with Crippen molar-refractivity contribution < 1.29 is 18.0 Å². The molecule has 0 unspecified atom stereocenters. The Hall–Kier alpha value is -2.91. The number of benzene rings is 2. The summed E-state index contributed by atoms with van der Waals surface area (Å²) in [7, 11) is -3.63. The molecule has 0 saturated carbocycles. The number of aryl methyl sites for hydroxylation is 2. The monoisotopic (exact) mass is 418 g/mol. The second-order valence-electron chi connectivity index (χ2n) is 6.66. The highest BCUT2D eigenvalue weighted by atomic mass is 32.2. The lowest BCUT2D eigenvalue weighted by atomic mass is 10.1. The highest BCUT2D eigenvalue weighted by molar-refractivity contribution is 7.89. The number of sulfonamides is 1. The molecule has 0 spiro atoms. The molecule has 0 bridgehead atoms. The summed E-state index contributed by atoms with van der Waals surface area (Å²) in [4.78, 5) is 23.2. The summed E-state index contributed by atoms with van der Waals surface area (Å²) in [6, 6.07) is 11.7. The van der Waals surface area contributed by atoms with Crippen LogP contribution in [0.5, 0.6) is 0 Å². The maximum absolute atomic E-state index is 12.4. The van der Waals surface area contributed by atoms with Gasteiger partial charge in [0.05, 0.1) is 4.90 Å². The Morgan fingerprint density at radius 2 is 1.69 bits per heavy atom. The van der Waals surface area contributed by atoms with Crippen molar-refractivity contribution in [3.63, 3.8) is 0 Å².